The summed E-state index contributed by atoms with van der Waals surface area (Å²) in [5, 5.41) is 4.10. The van der Waals surface area contributed by atoms with Crippen LogP contribution in [0, 0.1) is 0 Å². The number of hydrogen-bond donors (Lipinski definition) is 2. The lowest BCUT2D eigenvalue weighted by Gasteiger charge is -2.26. The molecule has 0 aliphatic heterocycles. The van der Waals surface area contributed by atoms with Gasteiger partial charge < -0.3 is 11.1 Å². The van der Waals surface area contributed by atoms with Crippen LogP contribution in [-0.2, 0) is 0 Å². The summed E-state index contributed by atoms with van der Waals surface area (Å²) in [6.07, 6.45) is 5.62. The molecule has 6 heteroatoms. The van der Waals surface area contributed by atoms with Gasteiger partial charge in [0.1, 0.15) is 0 Å². The van der Waals surface area contributed by atoms with E-state index in [9.17, 15) is 4.79 Å². The Morgan fingerprint density at radius 1 is 1.09 bits per heavy atom. The number of fused-ring (bicyclic) bond motifs is 1. The van der Waals surface area contributed by atoms with Gasteiger partial charge in [-0.05, 0) is 37.8 Å². The molecule has 3 N–H and O–H groups in total. The van der Waals surface area contributed by atoms with Crippen LogP contribution in [0.2, 0.25) is 0 Å². The fourth-order valence-corrected chi connectivity index (χ4v) is 2.81. The van der Waals surface area contributed by atoms with Crippen molar-refractivity contribution < 1.29 is 4.79 Å². The highest BCUT2D eigenvalue weighted by Gasteiger charge is 2.21. The topological polar surface area (TPSA) is 68.0 Å². The fourth-order valence-electron chi connectivity index (χ4n) is 2.81. The van der Waals surface area contributed by atoms with Crippen molar-refractivity contribution in [2.75, 3.05) is 0 Å². The van der Waals surface area contributed by atoms with Crippen molar-refractivity contribution in [2.24, 2.45) is 5.73 Å². The Morgan fingerprint density at radius 2 is 1.77 bits per heavy atom. The van der Waals surface area contributed by atoms with Crippen LogP contribution in [0.15, 0.2) is 36.5 Å². The maximum absolute atomic E-state index is 12.4. The molecule has 2 aromatic rings. The average Bonchev–Trinajstić information content (AvgIpc) is 2.49. The maximum atomic E-state index is 12.4. The monoisotopic (exact) mass is 341 g/mol. The first-order valence-corrected chi connectivity index (χ1v) is 7.14. The smallest absolute Gasteiger partial charge is 0.253 e. The summed E-state index contributed by atoms with van der Waals surface area (Å²) in [5.41, 5.74) is 7.31. The van der Waals surface area contributed by atoms with Crippen molar-refractivity contribution in [3.8, 4) is 0 Å². The quantitative estimate of drug-likeness (QED) is 0.881. The largest absolute Gasteiger partial charge is 0.349 e. The van der Waals surface area contributed by atoms with Crippen molar-refractivity contribution in [1.29, 1.82) is 0 Å². The number of nitrogens with zero attached hydrogens (tertiary/aromatic N) is 1. The van der Waals surface area contributed by atoms with Gasteiger partial charge in [-0.3, -0.25) is 9.78 Å². The van der Waals surface area contributed by atoms with Crippen molar-refractivity contribution in [1.82, 2.24) is 10.3 Å². The number of carbonyl (C=O) groups excluding carboxylic acids is 1. The zero-order valence-electron chi connectivity index (χ0n) is 12.2. The Hall–Kier alpha value is -1.36. The van der Waals surface area contributed by atoms with Crippen molar-refractivity contribution in [3.05, 3.63) is 42.1 Å². The van der Waals surface area contributed by atoms with Crippen molar-refractivity contribution in [3.63, 3.8) is 0 Å². The predicted molar refractivity (Wildman–Crippen MR) is 93.9 cm³/mol. The number of nitrogens with two attached hydrogens (primary N) is 1. The number of amides is 1. The van der Waals surface area contributed by atoms with Crippen LogP contribution in [0.3, 0.4) is 0 Å². The van der Waals surface area contributed by atoms with Crippen LogP contribution in [-0.4, -0.2) is 23.0 Å². The number of rotatable bonds is 2. The van der Waals surface area contributed by atoms with Gasteiger partial charge in [-0.2, -0.15) is 0 Å². The summed E-state index contributed by atoms with van der Waals surface area (Å²) in [5.74, 6) is -0.0326. The summed E-state index contributed by atoms with van der Waals surface area (Å²) in [7, 11) is 0. The lowest BCUT2D eigenvalue weighted by atomic mass is 9.91. The van der Waals surface area contributed by atoms with E-state index in [1.54, 1.807) is 6.20 Å². The molecule has 0 bridgehead atoms. The van der Waals surface area contributed by atoms with Gasteiger partial charge in [0.05, 0.1) is 11.1 Å². The normalized spacial score (nSPS) is 20.6. The molecular formula is C16H21Cl2N3O. The van der Waals surface area contributed by atoms with Gasteiger partial charge in [-0.1, -0.05) is 18.2 Å². The summed E-state index contributed by atoms with van der Waals surface area (Å²) in [4.78, 5) is 16.8. The first-order chi connectivity index (χ1) is 9.74. The summed E-state index contributed by atoms with van der Waals surface area (Å²) < 4.78 is 0. The van der Waals surface area contributed by atoms with Crippen LogP contribution in [0.5, 0.6) is 0 Å². The minimum atomic E-state index is -0.0326. The van der Waals surface area contributed by atoms with Crippen molar-refractivity contribution >= 4 is 41.6 Å². The zero-order valence-corrected chi connectivity index (χ0v) is 13.8. The second-order valence-electron chi connectivity index (χ2n) is 5.47. The number of hydrogen-bond acceptors (Lipinski definition) is 3. The highest BCUT2D eigenvalue weighted by molar-refractivity contribution is 6.05. The lowest BCUT2D eigenvalue weighted by Crippen LogP contribution is -2.40. The lowest BCUT2D eigenvalue weighted by molar-refractivity contribution is 0.0927. The van der Waals surface area contributed by atoms with E-state index in [2.05, 4.69) is 10.3 Å². The standard InChI is InChI=1S/C16H19N3O.2ClH/c17-12-6-8-13(9-7-12)19-16(20)14-5-1-3-11-4-2-10-18-15(11)14;;/h1-5,10,12-13H,6-9,17H2,(H,19,20);2*1H. The van der Waals surface area contributed by atoms with Crippen LogP contribution in [0.4, 0.5) is 0 Å². The number of benzene rings is 1. The van der Waals surface area contributed by atoms with Crippen LogP contribution < -0.4 is 11.1 Å². The van der Waals surface area contributed by atoms with Gasteiger partial charge in [0.25, 0.3) is 5.91 Å². The molecule has 0 saturated heterocycles. The first kappa shape index (κ1) is 18.7. The third-order valence-electron chi connectivity index (χ3n) is 3.98. The van der Waals surface area contributed by atoms with E-state index in [0.29, 0.717) is 11.6 Å². The Labute approximate surface area is 142 Å². The number of halogens is 2. The minimum absolute atomic E-state index is 0. The number of pyridine rings is 1. The Balaban J connectivity index is 0.00000121. The molecule has 1 fully saturated rings. The maximum Gasteiger partial charge on any atom is 0.253 e. The summed E-state index contributed by atoms with van der Waals surface area (Å²) in [6.45, 7) is 0. The fraction of sp³-hybridized carbons (Fsp3) is 0.375. The molecule has 0 spiro atoms. The Kier molecular flexibility index (Phi) is 7.07. The zero-order chi connectivity index (χ0) is 13.9. The molecule has 1 saturated carbocycles. The molecule has 1 aliphatic rings. The van der Waals surface area contributed by atoms with E-state index in [0.717, 1.165) is 36.6 Å². The minimum Gasteiger partial charge on any atom is -0.349 e. The predicted octanol–water partition coefficient (Wildman–Crippen LogP) is 3.08. The van der Waals surface area contributed by atoms with E-state index in [4.69, 9.17) is 5.73 Å². The van der Waals surface area contributed by atoms with Gasteiger partial charge in [0.2, 0.25) is 0 Å². The Morgan fingerprint density at radius 3 is 2.50 bits per heavy atom. The van der Waals surface area contributed by atoms with E-state index >= 15 is 0 Å². The number of nitrogens with one attached hydrogen (secondary N) is 1. The molecule has 1 aromatic carbocycles. The van der Waals surface area contributed by atoms with E-state index in [1.807, 2.05) is 30.3 Å². The molecule has 3 rings (SSSR count). The van der Waals surface area contributed by atoms with Crippen molar-refractivity contribution in [2.45, 2.75) is 37.8 Å². The molecule has 0 unspecified atom stereocenters. The number of para-hydroxylation sites is 1. The molecule has 4 nitrogen and oxygen atoms in total. The van der Waals surface area contributed by atoms with Gasteiger partial charge in [0.15, 0.2) is 0 Å². The molecule has 120 valence electrons. The van der Waals surface area contributed by atoms with Crippen LogP contribution in [0.1, 0.15) is 36.0 Å². The molecule has 22 heavy (non-hydrogen) atoms. The molecular weight excluding hydrogens is 321 g/mol. The second-order valence-corrected chi connectivity index (χ2v) is 5.47. The van der Waals surface area contributed by atoms with Crippen LogP contribution in [0.25, 0.3) is 10.9 Å². The SMILES string of the molecule is Cl.Cl.NC1CCC(NC(=O)c2cccc3cccnc23)CC1. The van der Waals surface area contributed by atoms with Gasteiger partial charge in [-0.15, -0.1) is 24.8 Å². The third-order valence-corrected chi connectivity index (χ3v) is 3.98. The van der Waals surface area contributed by atoms with Gasteiger partial charge in [-0.25, -0.2) is 0 Å². The molecule has 0 atom stereocenters. The molecule has 0 radical (unpaired) electrons. The molecule has 1 amide bonds. The third kappa shape index (κ3) is 4.09. The summed E-state index contributed by atoms with van der Waals surface area (Å²) >= 11 is 0. The van der Waals surface area contributed by atoms with Gasteiger partial charge >= 0.3 is 0 Å². The summed E-state index contributed by atoms with van der Waals surface area (Å²) in [6, 6.07) is 10.1. The average molecular weight is 342 g/mol. The number of carbonyl (C=O) groups is 1. The van der Waals surface area contributed by atoms with Crippen LogP contribution >= 0.6 is 24.8 Å². The van der Waals surface area contributed by atoms with E-state index in [1.165, 1.54) is 0 Å². The first-order valence-electron chi connectivity index (χ1n) is 7.14. The molecule has 1 aliphatic carbocycles. The molecule has 1 heterocycles. The van der Waals surface area contributed by atoms with E-state index in [-0.39, 0.29) is 36.8 Å². The highest BCUT2D eigenvalue weighted by Crippen LogP contribution is 2.19. The number of aromatic nitrogens is 1. The second kappa shape index (κ2) is 8.32. The van der Waals surface area contributed by atoms with E-state index < -0.39 is 0 Å². The molecule has 1 aromatic heterocycles. The Bertz CT molecular complexity index is 622. The van der Waals surface area contributed by atoms with Gasteiger partial charge in [0, 0.05) is 23.7 Å². The highest BCUT2D eigenvalue weighted by atomic mass is 35.5.